The summed E-state index contributed by atoms with van der Waals surface area (Å²) in [4.78, 5) is 0. The van der Waals surface area contributed by atoms with Crippen molar-refractivity contribution in [3.63, 3.8) is 0 Å². The zero-order chi connectivity index (χ0) is 12.3. The summed E-state index contributed by atoms with van der Waals surface area (Å²) in [5, 5.41) is 9.34. The molecule has 3 heteroatoms. The van der Waals surface area contributed by atoms with Gasteiger partial charge in [0.25, 0.3) is 0 Å². The summed E-state index contributed by atoms with van der Waals surface area (Å²) in [7, 11) is 0. The summed E-state index contributed by atoms with van der Waals surface area (Å²) in [6.07, 6.45) is 2.31. The molecule has 0 saturated carbocycles. The highest BCUT2D eigenvalue weighted by atomic mass is 19.1. The summed E-state index contributed by atoms with van der Waals surface area (Å²) >= 11 is 0. The molecule has 2 nitrogen and oxygen atoms in total. The fourth-order valence-corrected chi connectivity index (χ4v) is 2.31. The summed E-state index contributed by atoms with van der Waals surface area (Å²) in [5.41, 5.74) is 1.47. The van der Waals surface area contributed by atoms with Crippen molar-refractivity contribution in [2.75, 3.05) is 13.2 Å². The second-order valence-corrected chi connectivity index (χ2v) is 4.80. The Hall–Kier alpha value is -1.40. The molecule has 0 N–H and O–H groups in total. The number of nitriles is 1. The minimum Gasteiger partial charge on any atom is -0.380 e. The van der Waals surface area contributed by atoms with Crippen LogP contribution < -0.4 is 0 Å². The average molecular weight is 233 g/mol. The van der Waals surface area contributed by atoms with E-state index in [1.807, 2.05) is 6.92 Å². The van der Waals surface area contributed by atoms with Gasteiger partial charge in [0.15, 0.2) is 0 Å². The van der Waals surface area contributed by atoms with E-state index in [1.165, 1.54) is 12.1 Å². The lowest BCUT2D eigenvalue weighted by Crippen LogP contribution is -2.32. The lowest BCUT2D eigenvalue weighted by molar-refractivity contribution is 0.0223. The van der Waals surface area contributed by atoms with Gasteiger partial charge in [0, 0.05) is 6.61 Å². The van der Waals surface area contributed by atoms with Crippen LogP contribution in [0.15, 0.2) is 18.2 Å². The van der Waals surface area contributed by atoms with Gasteiger partial charge in [0.1, 0.15) is 5.82 Å². The number of hydrogen-bond donors (Lipinski definition) is 0. The SMILES string of the molecule is Cc1ccc(F)cc1CC1(C#N)CCCOC1. The molecule has 1 aromatic carbocycles. The lowest BCUT2D eigenvalue weighted by Gasteiger charge is -2.31. The number of benzene rings is 1. The van der Waals surface area contributed by atoms with Crippen LogP contribution in [-0.4, -0.2) is 13.2 Å². The van der Waals surface area contributed by atoms with Crippen LogP contribution in [0.2, 0.25) is 0 Å². The molecule has 1 aromatic rings. The van der Waals surface area contributed by atoms with Crippen molar-refractivity contribution in [1.29, 1.82) is 5.26 Å². The predicted molar refractivity (Wildman–Crippen MR) is 62.9 cm³/mol. The van der Waals surface area contributed by atoms with Gasteiger partial charge in [-0.15, -0.1) is 0 Å². The predicted octanol–water partition coefficient (Wildman–Crippen LogP) is 3.00. The molecular formula is C14H16FNO. The molecule has 17 heavy (non-hydrogen) atoms. The topological polar surface area (TPSA) is 33.0 Å². The van der Waals surface area contributed by atoms with Crippen molar-refractivity contribution in [1.82, 2.24) is 0 Å². The van der Waals surface area contributed by atoms with Gasteiger partial charge in [-0.2, -0.15) is 5.26 Å². The molecule has 0 amide bonds. The van der Waals surface area contributed by atoms with Gasteiger partial charge in [-0.1, -0.05) is 6.07 Å². The van der Waals surface area contributed by atoms with Crippen LogP contribution in [0.5, 0.6) is 0 Å². The lowest BCUT2D eigenvalue weighted by atomic mass is 9.78. The third kappa shape index (κ3) is 2.65. The van der Waals surface area contributed by atoms with Gasteiger partial charge in [0.05, 0.1) is 18.1 Å². The maximum absolute atomic E-state index is 13.2. The first-order chi connectivity index (χ1) is 8.15. The molecule has 1 heterocycles. The minimum atomic E-state index is -0.475. The molecule has 1 fully saturated rings. The first-order valence-corrected chi connectivity index (χ1v) is 5.89. The van der Waals surface area contributed by atoms with E-state index in [-0.39, 0.29) is 5.82 Å². The van der Waals surface area contributed by atoms with Crippen LogP contribution in [0.4, 0.5) is 4.39 Å². The Morgan fingerprint density at radius 1 is 1.53 bits per heavy atom. The van der Waals surface area contributed by atoms with E-state index in [4.69, 9.17) is 4.74 Å². The van der Waals surface area contributed by atoms with E-state index in [0.29, 0.717) is 13.0 Å². The molecule has 1 saturated heterocycles. The largest absolute Gasteiger partial charge is 0.380 e. The Balaban J connectivity index is 2.23. The minimum absolute atomic E-state index is 0.240. The van der Waals surface area contributed by atoms with Gasteiger partial charge in [-0.3, -0.25) is 0 Å². The van der Waals surface area contributed by atoms with Crippen LogP contribution in [0.3, 0.4) is 0 Å². The number of ether oxygens (including phenoxy) is 1. The average Bonchev–Trinajstić information content (AvgIpc) is 2.35. The van der Waals surface area contributed by atoms with Gasteiger partial charge in [-0.25, -0.2) is 4.39 Å². The second-order valence-electron chi connectivity index (χ2n) is 4.80. The molecule has 1 atom stereocenters. The van der Waals surface area contributed by atoms with E-state index >= 15 is 0 Å². The van der Waals surface area contributed by atoms with Crippen molar-refractivity contribution < 1.29 is 9.13 Å². The van der Waals surface area contributed by atoms with Gasteiger partial charge >= 0.3 is 0 Å². The fraction of sp³-hybridized carbons (Fsp3) is 0.500. The number of nitrogens with zero attached hydrogens (tertiary/aromatic N) is 1. The maximum Gasteiger partial charge on any atom is 0.123 e. The summed E-state index contributed by atoms with van der Waals surface area (Å²) < 4.78 is 18.6. The summed E-state index contributed by atoms with van der Waals surface area (Å²) in [6, 6.07) is 7.11. The summed E-state index contributed by atoms with van der Waals surface area (Å²) in [6.45, 7) is 3.13. The molecule has 1 unspecified atom stereocenters. The van der Waals surface area contributed by atoms with Crippen molar-refractivity contribution in [2.45, 2.75) is 26.2 Å². The normalized spacial score (nSPS) is 24.3. The van der Waals surface area contributed by atoms with Crippen LogP contribution in [0.25, 0.3) is 0 Å². The number of rotatable bonds is 2. The van der Waals surface area contributed by atoms with Gasteiger partial charge in [0.2, 0.25) is 0 Å². The first-order valence-electron chi connectivity index (χ1n) is 5.89. The Bertz CT molecular complexity index is 444. The Morgan fingerprint density at radius 2 is 2.35 bits per heavy atom. The van der Waals surface area contributed by atoms with Crippen LogP contribution >= 0.6 is 0 Å². The van der Waals surface area contributed by atoms with Crippen molar-refractivity contribution >= 4 is 0 Å². The number of hydrogen-bond acceptors (Lipinski definition) is 2. The highest BCUT2D eigenvalue weighted by Crippen LogP contribution is 2.32. The van der Waals surface area contributed by atoms with Crippen LogP contribution in [-0.2, 0) is 11.2 Å². The molecule has 0 radical (unpaired) electrons. The number of halogens is 1. The molecule has 0 aromatic heterocycles. The second kappa shape index (κ2) is 4.85. The third-order valence-corrected chi connectivity index (χ3v) is 3.40. The van der Waals surface area contributed by atoms with E-state index in [0.717, 1.165) is 30.6 Å². The van der Waals surface area contributed by atoms with E-state index in [9.17, 15) is 9.65 Å². The zero-order valence-corrected chi connectivity index (χ0v) is 10.0. The first kappa shape index (κ1) is 12.1. The molecule has 2 rings (SSSR count). The van der Waals surface area contributed by atoms with Crippen LogP contribution in [0, 0.1) is 29.5 Å². The third-order valence-electron chi connectivity index (χ3n) is 3.40. The molecule has 1 aliphatic heterocycles. The standard InChI is InChI=1S/C14H16FNO/c1-11-3-4-13(15)7-12(11)8-14(9-16)5-2-6-17-10-14/h3-4,7H,2,5-6,8,10H2,1H3. The summed E-state index contributed by atoms with van der Waals surface area (Å²) in [5.74, 6) is -0.240. The monoisotopic (exact) mass is 233 g/mol. The van der Waals surface area contributed by atoms with Crippen molar-refractivity contribution in [3.8, 4) is 6.07 Å². The molecule has 1 aliphatic rings. The fourth-order valence-electron chi connectivity index (χ4n) is 2.31. The Labute approximate surface area is 101 Å². The van der Waals surface area contributed by atoms with Crippen molar-refractivity contribution in [3.05, 3.63) is 35.1 Å². The quantitative estimate of drug-likeness (QED) is 0.786. The highest BCUT2D eigenvalue weighted by molar-refractivity contribution is 5.29. The molecule has 0 bridgehead atoms. The van der Waals surface area contributed by atoms with E-state index in [2.05, 4.69) is 6.07 Å². The highest BCUT2D eigenvalue weighted by Gasteiger charge is 2.33. The molecule has 0 aliphatic carbocycles. The van der Waals surface area contributed by atoms with Crippen LogP contribution in [0.1, 0.15) is 24.0 Å². The van der Waals surface area contributed by atoms with Gasteiger partial charge in [-0.05, 0) is 49.4 Å². The molecule has 0 spiro atoms. The van der Waals surface area contributed by atoms with Gasteiger partial charge < -0.3 is 4.74 Å². The maximum atomic E-state index is 13.2. The Morgan fingerprint density at radius 3 is 3.00 bits per heavy atom. The van der Waals surface area contributed by atoms with E-state index in [1.54, 1.807) is 6.07 Å². The van der Waals surface area contributed by atoms with Crippen molar-refractivity contribution in [2.24, 2.45) is 5.41 Å². The zero-order valence-electron chi connectivity index (χ0n) is 10.0. The molecular weight excluding hydrogens is 217 g/mol. The van der Waals surface area contributed by atoms with E-state index < -0.39 is 5.41 Å². The molecule has 90 valence electrons. The number of aryl methyl sites for hydroxylation is 1. The Kier molecular flexibility index (Phi) is 3.44. The smallest absolute Gasteiger partial charge is 0.123 e.